The molecule has 0 aromatic carbocycles. The summed E-state index contributed by atoms with van der Waals surface area (Å²) in [6.07, 6.45) is 4.69. The number of amides is 1. The second kappa shape index (κ2) is 8.24. The van der Waals surface area contributed by atoms with Gasteiger partial charge in [0.1, 0.15) is 12.4 Å². The normalized spacial score (nSPS) is 16.7. The molecule has 31 heavy (non-hydrogen) atoms. The van der Waals surface area contributed by atoms with E-state index in [9.17, 15) is 4.79 Å². The summed E-state index contributed by atoms with van der Waals surface area (Å²) in [5, 5.41) is 8.66. The first-order valence-electron chi connectivity index (χ1n) is 10.8. The number of aromatic nitrogens is 5. The summed E-state index contributed by atoms with van der Waals surface area (Å²) in [5.41, 5.74) is 6.60. The average molecular weight is 423 g/mol. The molecule has 1 amide bonds. The van der Waals surface area contributed by atoms with Gasteiger partial charge in [-0.1, -0.05) is 5.16 Å². The van der Waals surface area contributed by atoms with E-state index in [1.165, 1.54) is 0 Å². The van der Waals surface area contributed by atoms with Gasteiger partial charge in [0, 0.05) is 24.0 Å². The topological polar surface area (TPSA) is 89.9 Å². The van der Waals surface area contributed by atoms with Gasteiger partial charge in [0.25, 0.3) is 0 Å². The van der Waals surface area contributed by atoms with Gasteiger partial charge in [-0.3, -0.25) is 9.48 Å². The van der Waals surface area contributed by atoms with E-state index in [4.69, 9.17) is 9.51 Å². The Bertz CT molecular complexity index is 1130. The summed E-state index contributed by atoms with van der Waals surface area (Å²) in [4.78, 5) is 24.6. The number of piperidine rings is 1. The van der Waals surface area contributed by atoms with E-state index in [1.807, 2.05) is 51.1 Å². The molecule has 0 aliphatic carbocycles. The fourth-order valence-electron chi connectivity index (χ4n) is 4.26. The van der Waals surface area contributed by atoms with E-state index in [2.05, 4.69) is 15.2 Å². The van der Waals surface area contributed by atoms with Crippen LogP contribution in [0.1, 0.15) is 65.0 Å². The van der Waals surface area contributed by atoms with Crippen molar-refractivity contribution in [3.63, 3.8) is 0 Å². The van der Waals surface area contributed by atoms with Gasteiger partial charge in [0.2, 0.25) is 5.91 Å². The zero-order chi connectivity index (χ0) is 22.3. The molecule has 3 aromatic rings. The number of carbonyl (C=O) groups excluding carboxylic acids is 1. The van der Waals surface area contributed by atoms with E-state index in [1.54, 1.807) is 6.20 Å². The maximum Gasteiger partial charge on any atom is 0.244 e. The second-order valence-corrected chi connectivity index (χ2v) is 8.49. The molecule has 1 saturated heterocycles. The van der Waals surface area contributed by atoms with Gasteiger partial charge in [-0.05, 0) is 66.4 Å². The molecule has 1 fully saturated rings. The summed E-state index contributed by atoms with van der Waals surface area (Å²) >= 11 is 0. The molecule has 1 atom stereocenters. The molecule has 1 aliphatic rings. The minimum Gasteiger partial charge on any atom is -0.356 e. The second-order valence-electron chi connectivity index (χ2n) is 8.49. The quantitative estimate of drug-likeness (QED) is 0.633. The lowest BCUT2D eigenvalue weighted by atomic mass is 9.94. The van der Waals surface area contributed by atoms with E-state index in [0.29, 0.717) is 18.1 Å². The lowest BCUT2D eigenvalue weighted by Crippen LogP contribution is -2.41. The molecule has 0 radical (unpaired) electrons. The van der Waals surface area contributed by atoms with Crippen LogP contribution in [0.2, 0.25) is 0 Å². The van der Waals surface area contributed by atoms with Crippen molar-refractivity contribution in [2.45, 2.75) is 73.4 Å². The van der Waals surface area contributed by atoms with Crippen LogP contribution >= 0.6 is 0 Å². The van der Waals surface area contributed by atoms with Gasteiger partial charge in [0.05, 0.1) is 28.7 Å². The number of likely N-dealkylation sites (tertiary alicyclic amines) is 1. The lowest BCUT2D eigenvalue weighted by molar-refractivity contribution is -0.136. The molecule has 0 unspecified atom stereocenters. The average Bonchev–Trinajstić information content (AvgIpc) is 3.21. The van der Waals surface area contributed by atoms with Crippen molar-refractivity contribution in [1.82, 2.24) is 29.8 Å². The van der Waals surface area contributed by atoms with Crippen LogP contribution in [0.15, 0.2) is 10.7 Å². The predicted molar refractivity (Wildman–Crippen MR) is 116 cm³/mol. The fourth-order valence-corrected chi connectivity index (χ4v) is 4.26. The van der Waals surface area contributed by atoms with Crippen molar-refractivity contribution in [2.75, 3.05) is 6.54 Å². The molecule has 4 rings (SSSR count). The zero-order valence-corrected chi connectivity index (χ0v) is 19.2. The SMILES string of the molecule is Cc1ncc(-c2onc(C)c2C)c([C@H]2CCCCN2C(=O)Cn2nc(C)c(C)c2C)n1. The fraction of sp³-hybridized carbons (Fsp3) is 0.522. The van der Waals surface area contributed by atoms with E-state index < -0.39 is 0 Å². The molecule has 164 valence electrons. The van der Waals surface area contributed by atoms with Gasteiger partial charge in [-0.15, -0.1) is 0 Å². The molecule has 8 heteroatoms. The Balaban J connectivity index is 1.71. The Kier molecular flexibility index (Phi) is 5.64. The number of hydrogen-bond acceptors (Lipinski definition) is 6. The number of hydrogen-bond donors (Lipinski definition) is 0. The molecule has 4 heterocycles. The van der Waals surface area contributed by atoms with E-state index >= 15 is 0 Å². The summed E-state index contributed by atoms with van der Waals surface area (Å²) in [7, 11) is 0. The van der Waals surface area contributed by atoms with Crippen molar-refractivity contribution >= 4 is 5.91 Å². The maximum atomic E-state index is 13.4. The van der Waals surface area contributed by atoms with Gasteiger partial charge in [0.15, 0.2) is 5.76 Å². The van der Waals surface area contributed by atoms with Crippen molar-refractivity contribution in [3.8, 4) is 11.3 Å². The molecular formula is C23H30N6O2. The van der Waals surface area contributed by atoms with Crippen LogP contribution in [0.25, 0.3) is 11.3 Å². The first-order valence-corrected chi connectivity index (χ1v) is 10.8. The van der Waals surface area contributed by atoms with Crippen LogP contribution in [0.5, 0.6) is 0 Å². The standard InChI is InChI=1S/C23H30N6O2/c1-13-15(3)26-29(17(13)5)12-21(30)28-10-8-7-9-20(28)22-19(11-24-18(6)25-22)23-14(2)16(4)27-31-23/h11,20H,7-10,12H2,1-6H3/t20-/m1/s1. The Labute approximate surface area is 182 Å². The Morgan fingerprint density at radius 3 is 2.52 bits per heavy atom. The van der Waals surface area contributed by atoms with Gasteiger partial charge in [-0.2, -0.15) is 5.10 Å². The van der Waals surface area contributed by atoms with Crippen LogP contribution < -0.4 is 0 Å². The van der Waals surface area contributed by atoms with Crippen molar-refractivity contribution in [2.24, 2.45) is 0 Å². The number of aryl methyl sites for hydroxylation is 3. The summed E-state index contributed by atoms with van der Waals surface area (Å²) < 4.78 is 7.44. The molecule has 0 bridgehead atoms. The van der Waals surface area contributed by atoms with Crippen molar-refractivity contribution in [1.29, 1.82) is 0 Å². The van der Waals surface area contributed by atoms with Crippen LogP contribution in [0.4, 0.5) is 0 Å². The minimum absolute atomic E-state index is 0.0583. The van der Waals surface area contributed by atoms with Crippen LogP contribution in [0, 0.1) is 41.5 Å². The zero-order valence-electron chi connectivity index (χ0n) is 19.2. The Hall–Kier alpha value is -3.03. The number of rotatable bonds is 4. The van der Waals surface area contributed by atoms with Gasteiger partial charge >= 0.3 is 0 Å². The largest absolute Gasteiger partial charge is 0.356 e. The highest BCUT2D eigenvalue weighted by Crippen LogP contribution is 2.37. The first kappa shape index (κ1) is 21.2. The summed E-state index contributed by atoms with van der Waals surface area (Å²) in [5.74, 6) is 1.42. The smallest absolute Gasteiger partial charge is 0.244 e. The number of carbonyl (C=O) groups is 1. The molecule has 0 saturated carbocycles. The van der Waals surface area contributed by atoms with E-state index in [-0.39, 0.29) is 18.5 Å². The highest BCUT2D eigenvalue weighted by atomic mass is 16.5. The molecular weight excluding hydrogens is 392 g/mol. The Morgan fingerprint density at radius 2 is 1.87 bits per heavy atom. The maximum absolute atomic E-state index is 13.4. The third kappa shape index (κ3) is 3.86. The Morgan fingerprint density at radius 1 is 1.10 bits per heavy atom. The van der Waals surface area contributed by atoms with Gasteiger partial charge < -0.3 is 9.42 Å². The predicted octanol–water partition coefficient (Wildman–Crippen LogP) is 3.93. The number of nitrogens with zero attached hydrogens (tertiary/aromatic N) is 6. The molecule has 1 aliphatic heterocycles. The summed E-state index contributed by atoms with van der Waals surface area (Å²) in [6.45, 7) is 12.8. The van der Waals surface area contributed by atoms with E-state index in [0.717, 1.165) is 58.7 Å². The monoisotopic (exact) mass is 422 g/mol. The van der Waals surface area contributed by atoms with Gasteiger partial charge in [-0.25, -0.2) is 9.97 Å². The first-order chi connectivity index (χ1) is 14.8. The lowest BCUT2D eigenvalue weighted by Gasteiger charge is -2.36. The highest BCUT2D eigenvalue weighted by Gasteiger charge is 2.33. The molecule has 0 spiro atoms. The third-order valence-electron chi connectivity index (χ3n) is 6.51. The summed E-state index contributed by atoms with van der Waals surface area (Å²) in [6, 6.07) is -0.124. The molecule has 0 N–H and O–H groups in total. The third-order valence-corrected chi connectivity index (χ3v) is 6.51. The highest BCUT2D eigenvalue weighted by molar-refractivity contribution is 5.77. The molecule has 8 nitrogen and oxygen atoms in total. The van der Waals surface area contributed by atoms with Crippen molar-refractivity contribution in [3.05, 3.63) is 45.9 Å². The van der Waals surface area contributed by atoms with Crippen molar-refractivity contribution < 1.29 is 9.32 Å². The van der Waals surface area contributed by atoms with Crippen LogP contribution in [-0.2, 0) is 11.3 Å². The van der Waals surface area contributed by atoms with Crippen LogP contribution in [-0.4, -0.2) is 42.3 Å². The van der Waals surface area contributed by atoms with Crippen LogP contribution in [0.3, 0.4) is 0 Å². The minimum atomic E-state index is -0.124. The molecule has 3 aromatic heterocycles.